The Labute approximate surface area is 154 Å². The second-order valence-corrected chi connectivity index (χ2v) is 7.71. The standard InChI is InChI=1S/C16H18ClN5O2S/c1-20-7-13(17)14(19-20)16(24)21-4-10-2-3-12(6-21)22(15(10)23)5-11-8-25-9-18-11/h7-10,12H,2-6H2,1H3/t10-,12+/m1/s1. The highest BCUT2D eigenvalue weighted by Gasteiger charge is 2.42. The molecule has 5 rings (SSSR count). The van der Waals surface area contributed by atoms with E-state index in [1.165, 1.54) is 16.0 Å². The minimum Gasteiger partial charge on any atom is -0.334 e. The summed E-state index contributed by atoms with van der Waals surface area (Å²) in [5.74, 6) is -0.249. The van der Waals surface area contributed by atoms with Crippen LogP contribution < -0.4 is 0 Å². The number of aryl methyl sites for hydroxylation is 1. The molecular weight excluding hydrogens is 362 g/mol. The van der Waals surface area contributed by atoms with E-state index in [1.807, 2.05) is 10.3 Å². The van der Waals surface area contributed by atoms with Crippen LogP contribution in [0.15, 0.2) is 17.1 Å². The normalized spacial score (nSPS) is 23.2. The largest absolute Gasteiger partial charge is 0.334 e. The first-order valence-corrected chi connectivity index (χ1v) is 9.51. The Balaban J connectivity index is 1.57. The molecule has 25 heavy (non-hydrogen) atoms. The van der Waals surface area contributed by atoms with E-state index in [2.05, 4.69) is 10.1 Å². The molecule has 132 valence electrons. The van der Waals surface area contributed by atoms with E-state index in [0.717, 1.165) is 18.5 Å². The van der Waals surface area contributed by atoms with E-state index in [1.54, 1.807) is 23.7 Å². The maximum atomic E-state index is 12.9. The SMILES string of the molecule is Cn1cc(Cl)c(C(=O)N2C[C@H]3CC[C@@H](C2)N(Cc2cscn2)C3=O)n1. The minimum atomic E-state index is -0.203. The summed E-state index contributed by atoms with van der Waals surface area (Å²) in [4.78, 5) is 33.6. The highest BCUT2D eigenvalue weighted by molar-refractivity contribution is 7.07. The Morgan fingerprint density at radius 2 is 2.24 bits per heavy atom. The molecule has 2 bridgehead atoms. The van der Waals surface area contributed by atoms with Crippen LogP contribution in [0.25, 0.3) is 0 Å². The maximum Gasteiger partial charge on any atom is 0.276 e. The highest BCUT2D eigenvalue weighted by atomic mass is 35.5. The van der Waals surface area contributed by atoms with Crippen LogP contribution >= 0.6 is 22.9 Å². The van der Waals surface area contributed by atoms with Crippen molar-refractivity contribution in [1.82, 2.24) is 24.6 Å². The summed E-state index contributed by atoms with van der Waals surface area (Å²) in [7, 11) is 1.73. The van der Waals surface area contributed by atoms with Gasteiger partial charge in [0.2, 0.25) is 5.91 Å². The summed E-state index contributed by atoms with van der Waals surface area (Å²) >= 11 is 7.65. The molecule has 3 fully saturated rings. The topological polar surface area (TPSA) is 71.3 Å². The Morgan fingerprint density at radius 1 is 1.40 bits per heavy atom. The van der Waals surface area contributed by atoms with Gasteiger partial charge in [0.25, 0.3) is 5.91 Å². The Hall–Kier alpha value is -1.93. The third kappa shape index (κ3) is 3.04. The molecule has 7 nitrogen and oxygen atoms in total. The fourth-order valence-electron chi connectivity index (χ4n) is 3.66. The van der Waals surface area contributed by atoms with Crippen LogP contribution in [-0.4, -0.2) is 55.5 Å². The van der Waals surface area contributed by atoms with Gasteiger partial charge < -0.3 is 9.80 Å². The van der Waals surface area contributed by atoms with Gasteiger partial charge in [0, 0.05) is 37.8 Å². The summed E-state index contributed by atoms with van der Waals surface area (Å²) in [6.07, 6.45) is 3.33. The predicted molar refractivity (Wildman–Crippen MR) is 93.3 cm³/mol. The summed E-state index contributed by atoms with van der Waals surface area (Å²) in [5.41, 5.74) is 2.93. The van der Waals surface area contributed by atoms with Crippen LogP contribution in [0.4, 0.5) is 0 Å². The van der Waals surface area contributed by atoms with E-state index in [9.17, 15) is 9.59 Å². The molecule has 0 saturated carbocycles. The molecule has 0 aliphatic carbocycles. The Kier molecular flexibility index (Phi) is 4.24. The third-order valence-electron chi connectivity index (χ3n) is 4.88. The molecule has 0 spiro atoms. The van der Waals surface area contributed by atoms with Gasteiger partial charge in [-0.15, -0.1) is 11.3 Å². The van der Waals surface area contributed by atoms with Gasteiger partial charge in [-0.05, 0) is 12.8 Å². The maximum absolute atomic E-state index is 12.9. The highest BCUT2D eigenvalue weighted by Crippen LogP contribution is 2.31. The molecule has 9 heteroatoms. The van der Waals surface area contributed by atoms with Crippen LogP contribution in [-0.2, 0) is 18.4 Å². The lowest BCUT2D eigenvalue weighted by atomic mass is 9.94. The molecule has 5 heterocycles. The molecule has 0 aromatic carbocycles. The molecular formula is C16H18ClN5O2S. The van der Waals surface area contributed by atoms with Crippen molar-refractivity contribution in [2.75, 3.05) is 13.1 Å². The van der Waals surface area contributed by atoms with Crippen LogP contribution in [0.1, 0.15) is 29.0 Å². The fourth-order valence-corrected chi connectivity index (χ4v) is 4.47. The number of hydrogen-bond donors (Lipinski definition) is 0. The van der Waals surface area contributed by atoms with E-state index in [-0.39, 0.29) is 29.5 Å². The minimum absolute atomic E-state index is 0.0133. The van der Waals surface area contributed by atoms with Crippen LogP contribution in [0.2, 0.25) is 5.02 Å². The van der Waals surface area contributed by atoms with Crippen LogP contribution in [0.3, 0.4) is 0 Å². The zero-order valence-electron chi connectivity index (χ0n) is 13.8. The summed E-state index contributed by atoms with van der Waals surface area (Å²) < 4.78 is 1.53. The number of carbonyl (C=O) groups excluding carboxylic acids is 2. The van der Waals surface area contributed by atoms with Crippen molar-refractivity contribution in [3.8, 4) is 0 Å². The van der Waals surface area contributed by atoms with Crippen molar-refractivity contribution < 1.29 is 9.59 Å². The first-order valence-electron chi connectivity index (χ1n) is 8.19. The van der Waals surface area contributed by atoms with Gasteiger partial charge in [-0.1, -0.05) is 11.6 Å². The number of carbonyl (C=O) groups is 2. The zero-order valence-corrected chi connectivity index (χ0v) is 15.3. The van der Waals surface area contributed by atoms with Crippen molar-refractivity contribution in [3.05, 3.63) is 33.5 Å². The van der Waals surface area contributed by atoms with Crippen molar-refractivity contribution >= 4 is 34.8 Å². The molecule has 2 aromatic rings. The smallest absolute Gasteiger partial charge is 0.276 e. The fraction of sp³-hybridized carbons (Fsp3) is 0.500. The number of rotatable bonds is 3. The third-order valence-corrected chi connectivity index (χ3v) is 5.79. The van der Waals surface area contributed by atoms with Crippen LogP contribution in [0.5, 0.6) is 0 Å². The van der Waals surface area contributed by atoms with Crippen molar-refractivity contribution in [1.29, 1.82) is 0 Å². The average molecular weight is 380 g/mol. The number of amides is 2. The molecule has 3 aliphatic rings. The van der Waals surface area contributed by atoms with Crippen molar-refractivity contribution in [2.45, 2.75) is 25.4 Å². The number of halogens is 1. The van der Waals surface area contributed by atoms with Gasteiger partial charge in [-0.3, -0.25) is 14.3 Å². The molecule has 2 amide bonds. The first-order chi connectivity index (χ1) is 12.0. The lowest BCUT2D eigenvalue weighted by Gasteiger charge is -2.35. The summed E-state index contributed by atoms with van der Waals surface area (Å²) in [5, 5.41) is 6.47. The molecule has 3 aliphatic heterocycles. The van der Waals surface area contributed by atoms with Crippen LogP contribution in [0, 0.1) is 5.92 Å². The Morgan fingerprint density at radius 3 is 2.92 bits per heavy atom. The second-order valence-electron chi connectivity index (χ2n) is 6.58. The molecule has 3 saturated heterocycles. The molecule has 0 radical (unpaired) electrons. The number of hydrogen-bond acceptors (Lipinski definition) is 5. The lowest BCUT2D eigenvalue weighted by molar-refractivity contribution is -0.140. The second kappa shape index (κ2) is 6.42. The number of fused-ring (bicyclic) bond motifs is 4. The number of piperidine rings is 1. The van der Waals surface area contributed by atoms with Gasteiger partial charge in [0.15, 0.2) is 5.69 Å². The van der Waals surface area contributed by atoms with E-state index in [0.29, 0.717) is 24.7 Å². The van der Waals surface area contributed by atoms with Gasteiger partial charge >= 0.3 is 0 Å². The average Bonchev–Trinajstić information content (AvgIpc) is 3.11. The number of nitrogens with zero attached hydrogens (tertiary/aromatic N) is 5. The molecule has 2 aromatic heterocycles. The van der Waals surface area contributed by atoms with Crippen molar-refractivity contribution in [2.24, 2.45) is 13.0 Å². The van der Waals surface area contributed by atoms with Gasteiger partial charge in [0.1, 0.15) is 0 Å². The number of aromatic nitrogens is 3. The molecule has 0 unspecified atom stereocenters. The summed E-state index contributed by atoms with van der Waals surface area (Å²) in [6.45, 7) is 1.45. The van der Waals surface area contributed by atoms with Gasteiger partial charge in [0.05, 0.1) is 28.7 Å². The molecule has 0 N–H and O–H groups in total. The monoisotopic (exact) mass is 379 g/mol. The predicted octanol–water partition coefficient (Wildman–Crippen LogP) is 1.79. The zero-order chi connectivity index (χ0) is 17.6. The van der Waals surface area contributed by atoms with E-state index in [4.69, 9.17) is 11.6 Å². The van der Waals surface area contributed by atoms with Gasteiger partial charge in [-0.2, -0.15) is 5.10 Å². The molecule has 2 atom stereocenters. The van der Waals surface area contributed by atoms with Crippen molar-refractivity contribution in [3.63, 3.8) is 0 Å². The number of thiazole rings is 1. The van der Waals surface area contributed by atoms with E-state index >= 15 is 0 Å². The lowest BCUT2D eigenvalue weighted by Crippen LogP contribution is -2.47. The quantitative estimate of drug-likeness (QED) is 0.815. The Bertz CT molecular complexity index is 806. The first kappa shape index (κ1) is 16.5. The van der Waals surface area contributed by atoms with E-state index < -0.39 is 0 Å². The van der Waals surface area contributed by atoms with Gasteiger partial charge in [-0.25, -0.2) is 4.98 Å². The summed E-state index contributed by atoms with van der Waals surface area (Å²) in [6, 6.07) is 0.0133.